The van der Waals surface area contributed by atoms with Crippen LogP contribution in [0.25, 0.3) is 27.8 Å². The Bertz CT molecular complexity index is 1750. The van der Waals surface area contributed by atoms with Crippen LogP contribution >= 0.6 is 0 Å². The van der Waals surface area contributed by atoms with E-state index in [2.05, 4.69) is 33.1 Å². The van der Waals surface area contributed by atoms with Crippen molar-refractivity contribution in [1.29, 1.82) is 5.26 Å². The molecule has 1 N–H and O–H groups in total. The van der Waals surface area contributed by atoms with Crippen molar-refractivity contribution in [2.24, 2.45) is 13.0 Å². The van der Waals surface area contributed by atoms with Gasteiger partial charge in [-0.1, -0.05) is 19.9 Å². The van der Waals surface area contributed by atoms with Gasteiger partial charge in [-0.05, 0) is 24.6 Å². The maximum absolute atomic E-state index is 13.5. The fourth-order valence-corrected chi connectivity index (χ4v) is 7.02. The number of carbonyl (C=O) groups excluding carboxylic acids is 1. The first-order valence-electron chi connectivity index (χ1n) is 12.9. The van der Waals surface area contributed by atoms with Crippen LogP contribution in [-0.4, -0.2) is 56.0 Å². The maximum Gasteiger partial charge on any atom is 0.227 e. The van der Waals surface area contributed by atoms with E-state index in [4.69, 9.17) is 0 Å². The molecule has 0 radical (unpaired) electrons. The third-order valence-corrected chi connectivity index (χ3v) is 9.99. The first-order valence-corrected chi connectivity index (χ1v) is 14.6. The Kier molecular flexibility index (Phi) is 6.93. The number of amides is 1. The smallest absolute Gasteiger partial charge is 0.227 e. The van der Waals surface area contributed by atoms with E-state index in [1.54, 1.807) is 46.4 Å². The molecule has 206 valence electrons. The maximum atomic E-state index is 13.5. The van der Waals surface area contributed by atoms with Crippen LogP contribution in [-0.2, 0) is 21.7 Å². The lowest BCUT2D eigenvalue weighted by molar-refractivity contribution is -0.124. The van der Waals surface area contributed by atoms with Crippen molar-refractivity contribution >= 4 is 27.1 Å². The van der Waals surface area contributed by atoms with Crippen molar-refractivity contribution in [2.45, 2.75) is 31.6 Å². The molecule has 5 heterocycles. The summed E-state index contributed by atoms with van der Waals surface area (Å²) >= 11 is 0. The minimum atomic E-state index is -3.73. The fraction of sp³-hybridized carbons (Fsp3) is 0.321. The van der Waals surface area contributed by atoms with Crippen molar-refractivity contribution in [1.82, 2.24) is 29.7 Å². The van der Waals surface area contributed by atoms with Gasteiger partial charge in [-0.3, -0.25) is 9.48 Å². The van der Waals surface area contributed by atoms with Gasteiger partial charge in [0.25, 0.3) is 0 Å². The molecule has 1 saturated heterocycles. The molecule has 4 aromatic heterocycles. The average molecular weight is 559 g/mol. The first kappa shape index (κ1) is 27.1. The van der Waals surface area contributed by atoms with Crippen LogP contribution in [0.2, 0.25) is 0 Å². The van der Waals surface area contributed by atoms with E-state index in [-0.39, 0.29) is 24.6 Å². The zero-order chi connectivity index (χ0) is 28.7. The third kappa shape index (κ3) is 4.62. The van der Waals surface area contributed by atoms with Gasteiger partial charge in [0.2, 0.25) is 5.91 Å². The number of aryl methyl sites for hydroxylation is 1. The predicted octanol–water partition coefficient (Wildman–Crippen LogP) is 3.30. The van der Waals surface area contributed by atoms with Crippen molar-refractivity contribution in [3.8, 4) is 28.3 Å². The average Bonchev–Trinajstić information content (AvgIpc) is 3.59. The molecule has 0 spiro atoms. The van der Waals surface area contributed by atoms with Crippen molar-refractivity contribution in [3.05, 3.63) is 67.4 Å². The summed E-state index contributed by atoms with van der Waals surface area (Å²) in [6, 6.07) is 7.81. The Labute approximate surface area is 232 Å². The topological polar surface area (TPSA) is 138 Å². The Hall–Kier alpha value is -4.50. The standard InChI is InChI=1S/C28H30N8O3S/c1-5-19(3)27(37)33-28(6-2)9-10-35(18-40(28,38)39)25-8-7-20(13-30-25)24-11-21(23-15-31-34(4)16-23)17-36-26(24)22(12-29)14-32-36/h5,7-8,11,13-17,19H,1,6,9-10,18H2,2-4H3,(H,33,37). The van der Waals surface area contributed by atoms with Crippen molar-refractivity contribution < 1.29 is 13.2 Å². The zero-order valence-electron chi connectivity index (χ0n) is 22.6. The number of aromatic nitrogens is 5. The van der Waals surface area contributed by atoms with Gasteiger partial charge in [0, 0.05) is 60.9 Å². The summed E-state index contributed by atoms with van der Waals surface area (Å²) in [5.41, 5.74) is 4.38. The number of hydrogen-bond donors (Lipinski definition) is 1. The molecule has 5 rings (SSSR count). The molecule has 0 saturated carbocycles. The lowest BCUT2D eigenvalue weighted by Crippen LogP contribution is -2.62. The van der Waals surface area contributed by atoms with Gasteiger partial charge in [-0.25, -0.2) is 17.9 Å². The van der Waals surface area contributed by atoms with Gasteiger partial charge < -0.3 is 10.2 Å². The summed E-state index contributed by atoms with van der Waals surface area (Å²) in [4.78, 5) is 17.5. The molecular weight excluding hydrogens is 528 g/mol. The van der Waals surface area contributed by atoms with E-state index in [1.807, 2.05) is 31.6 Å². The lowest BCUT2D eigenvalue weighted by Gasteiger charge is -2.42. The Morgan fingerprint density at radius 3 is 2.62 bits per heavy atom. The quantitative estimate of drug-likeness (QED) is 0.341. The molecule has 0 aliphatic carbocycles. The number of nitrogens with one attached hydrogen (secondary N) is 1. The minimum Gasteiger partial charge on any atom is -0.342 e. The molecule has 2 unspecified atom stereocenters. The zero-order valence-corrected chi connectivity index (χ0v) is 23.4. The monoisotopic (exact) mass is 558 g/mol. The predicted molar refractivity (Wildman–Crippen MR) is 152 cm³/mol. The molecule has 2 atom stereocenters. The number of nitrogens with zero attached hydrogens (tertiary/aromatic N) is 7. The lowest BCUT2D eigenvalue weighted by atomic mass is 10.0. The number of fused-ring (bicyclic) bond motifs is 1. The molecule has 1 amide bonds. The van der Waals surface area contributed by atoms with Crippen LogP contribution in [0, 0.1) is 17.2 Å². The minimum absolute atomic E-state index is 0.236. The Balaban J connectivity index is 1.46. The second-order valence-electron chi connectivity index (χ2n) is 10.0. The van der Waals surface area contributed by atoms with E-state index in [0.717, 1.165) is 22.3 Å². The normalized spacial score (nSPS) is 19.2. The number of rotatable bonds is 7. The van der Waals surface area contributed by atoms with Crippen LogP contribution in [0.15, 0.2) is 61.8 Å². The summed E-state index contributed by atoms with van der Waals surface area (Å²) in [7, 11) is -1.89. The van der Waals surface area contributed by atoms with E-state index in [1.165, 1.54) is 12.3 Å². The van der Waals surface area contributed by atoms with E-state index < -0.39 is 20.6 Å². The second kappa shape index (κ2) is 10.2. The molecule has 40 heavy (non-hydrogen) atoms. The number of sulfone groups is 1. The van der Waals surface area contributed by atoms with E-state index in [0.29, 0.717) is 23.4 Å². The van der Waals surface area contributed by atoms with Crippen LogP contribution in [0.5, 0.6) is 0 Å². The van der Waals surface area contributed by atoms with Gasteiger partial charge in [0.15, 0.2) is 9.84 Å². The SMILES string of the molecule is C=CC(C)C(=O)NC1(CC)CCN(c2ccc(-c3cc(-c4cnn(C)c4)cn4ncc(C#N)c34)cn2)CS1(=O)=O. The van der Waals surface area contributed by atoms with Gasteiger partial charge in [0.1, 0.15) is 22.6 Å². The molecular formula is C28H30N8O3S. The van der Waals surface area contributed by atoms with E-state index in [9.17, 15) is 18.5 Å². The molecule has 12 heteroatoms. The van der Waals surface area contributed by atoms with Gasteiger partial charge in [-0.15, -0.1) is 6.58 Å². The highest BCUT2D eigenvalue weighted by atomic mass is 32.2. The summed E-state index contributed by atoms with van der Waals surface area (Å²) in [6.45, 7) is 7.49. The Morgan fingerprint density at radius 1 is 1.23 bits per heavy atom. The highest BCUT2D eigenvalue weighted by molar-refractivity contribution is 7.92. The van der Waals surface area contributed by atoms with Crippen LogP contribution in [0.1, 0.15) is 32.3 Å². The van der Waals surface area contributed by atoms with Crippen molar-refractivity contribution in [2.75, 3.05) is 17.3 Å². The number of hydrogen-bond acceptors (Lipinski definition) is 8. The van der Waals surface area contributed by atoms with Crippen LogP contribution < -0.4 is 10.2 Å². The van der Waals surface area contributed by atoms with Crippen molar-refractivity contribution in [3.63, 3.8) is 0 Å². The first-order chi connectivity index (χ1) is 19.1. The summed E-state index contributed by atoms with van der Waals surface area (Å²) in [5, 5.41) is 21.1. The largest absolute Gasteiger partial charge is 0.342 e. The number of nitriles is 1. The van der Waals surface area contributed by atoms with Crippen LogP contribution in [0.4, 0.5) is 5.82 Å². The summed E-state index contributed by atoms with van der Waals surface area (Å²) in [6.07, 6.45) is 10.7. The van der Waals surface area contributed by atoms with Gasteiger partial charge in [0.05, 0.1) is 29.4 Å². The third-order valence-electron chi connectivity index (χ3n) is 7.55. The molecule has 0 bridgehead atoms. The molecule has 11 nitrogen and oxygen atoms in total. The second-order valence-corrected chi connectivity index (χ2v) is 12.3. The summed E-state index contributed by atoms with van der Waals surface area (Å²) in [5.74, 6) is -0.604. The van der Waals surface area contributed by atoms with Gasteiger partial charge in [-0.2, -0.15) is 15.5 Å². The number of carbonyl (C=O) groups is 1. The highest BCUT2D eigenvalue weighted by Crippen LogP contribution is 2.34. The van der Waals surface area contributed by atoms with E-state index >= 15 is 0 Å². The molecule has 1 aliphatic heterocycles. The van der Waals surface area contributed by atoms with Gasteiger partial charge >= 0.3 is 0 Å². The molecule has 4 aromatic rings. The summed E-state index contributed by atoms with van der Waals surface area (Å²) < 4.78 is 30.3. The molecule has 1 fully saturated rings. The number of anilines is 1. The molecule has 1 aliphatic rings. The van der Waals surface area contributed by atoms with Crippen LogP contribution in [0.3, 0.4) is 0 Å². The molecule has 0 aromatic carbocycles. The highest BCUT2D eigenvalue weighted by Gasteiger charge is 2.48. The fourth-order valence-electron chi connectivity index (χ4n) is 5.00. The number of pyridine rings is 2. The Morgan fingerprint density at radius 2 is 2.02 bits per heavy atom.